The van der Waals surface area contributed by atoms with Crippen molar-refractivity contribution < 1.29 is 9.47 Å². The molecule has 0 spiro atoms. The fraction of sp³-hybridized carbons (Fsp3) is 0.438. The minimum Gasteiger partial charge on any atom is -0.492 e. The van der Waals surface area contributed by atoms with Gasteiger partial charge >= 0.3 is 0 Å². The minimum atomic E-state index is -0.0657. The predicted octanol–water partition coefficient (Wildman–Crippen LogP) is 7.07. The molecule has 2 aliphatic rings. The highest BCUT2D eigenvalue weighted by atomic mass is 16.5. The van der Waals surface area contributed by atoms with E-state index in [-0.39, 0.29) is 6.23 Å². The highest BCUT2D eigenvalue weighted by Crippen LogP contribution is 2.35. The number of aromatic nitrogens is 2. The number of benzene rings is 3. The summed E-state index contributed by atoms with van der Waals surface area (Å²) in [7, 11) is 0. The number of hydrogen-bond acceptors (Lipinski definition) is 5. The molecule has 3 heterocycles. The summed E-state index contributed by atoms with van der Waals surface area (Å²) >= 11 is 0. The molecule has 4 aromatic rings. The maximum atomic E-state index is 9.53. The van der Waals surface area contributed by atoms with Gasteiger partial charge < -0.3 is 9.47 Å². The van der Waals surface area contributed by atoms with E-state index in [1.165, 1.54) is 19.3 Å². The summed E-state index contributed by atoms with van der Waals surface area (Å²) in [6.07, 6.45) is 7.00. The topological polar surface area (TPSA) is 63.3 Å². The van der Waals surface area contributed by atoms with E-state index in [1.54, 1.807) is 0 Å². The Labute approximate surface area is 224 Å². The first-order chi connectivity index (χ1) is 18.6. The number of piperidine rings is 1. The molecule has 3 aromatic carbocycles. The smallest absolute Gasteiger partial charge is 0.150 e. The van der Waals surface area contributed by atoms with Crippen molar-refractivity contribution in [3.63, 3.8) is 0 Å². The van der Waals surface area contributed by atoms with E-state index in [0.29, 0.717) is 24.3 Å². The normalized spacial score (nSPS) is 22.5. The lowest BCUT2D eigenvalue weighted by Crippen LogP contribution is -2.45. The van der Waals surface area contributed by atoms with Crippen LogP contribution >= 0.6 is 0 Å². The number of nitriles is 1. The van der Waals surface area contributed by atoms with Gasteiger partial charge in [0.25, 0.3) is 0 Å². The first kappa shape index (κ1) is 24.9. The number of likely N-dealkylation sites (tertiary alicyclic amines) is 1. The molecule has 2 saturated heterocycles. The standard InChI is InChI=1S/C32H36N4O2/c1-22-6-5-7-23(2)35(22)15-17-37-28-13-12-25-19-27(11-10-26(25)20-28)32-29-18-24(21-33)9-14-30(29)36(34-32)31-8-3-4-16-38-31/h9-14,18-20,22-23,31H,3-8,15-17H2,1-2H3/t22-,23-,31?/m1/s1. The van der Waals surface area contributed by atoms with Crippen molar-refractivity contribution in [2.45, 2.75) is 70.7 Å². The third-order valence-corrected chi connectivity index (χ3v) is 8.34. The molecule has 0 aliphatic carbocycles. The average Bonchev–Trinajstić information content (AvgIpc) is 3.33. The van der Waals surface area contributed by atoms with E-state index in [0.717, 1.165) is 71.1 Å². The third-order valence-electron chi connectivity index (χ3n) is 8.34. The number of nitrogens with zero attached hydrogens (tertiary/aromatic N) is 4. The molecule has 6 nitrogen and oxygen atoms in total. The lowest BCUT2D eigenvalue weighted by Gasteiger charge is -2.38. The van der Waals surface area contributed by atoms with Crippen LogP contribution < -0.4 is 4.74 Å². The lowest BCUT2D eigenvalue weighted by atomic mass is 9.98. The largest absolute Gasteiger partial charge is 0.492 e. The monoisotopic (exact) mass is 508 g/mol. The Morgan fingerprint density at radius 3 is 2.55 bits per heavy atom. The van der Waals surface area contributed by atoms with Gasteiger partial charge in [0.05, 0.1) is 17.1 Å². The molecule has 0 saturated carbocycles. The summed E-state index contributed by atoms with van der Waals surface area (Å²) < 4.78 is 14.3. The summed E-state index contributed by atoms with van der Waals surface area (Å²) in [4.78, 5) is 2.58. The van der Waals surface area contributed by atoms with Gasteiger partial charge in [-0.3, -0.25) is 4.90 Å². The Hall–Kier alpha value is -3.40. The molecule has 6 heteroatoms. The Balaban J connectivity index is 1.26. The maximum absolute atomic E-state index is 9.53. The summed E-state index contributed by atoms with van der Waals surface area (Å²) in [6.45, 7) is 7.09. The van der Waals surface area contributed by atoms with Crippen LogP contribution in [-0.4, -0.2) is 46.5 Å². The summed E-state index contributed by atoms with van der Waals surface area (Å²) in [5.41, 5.74) is 3.57. The molecule has 2 aliphatic heterocycles. The Kier molecular flexibility index (Phi) is 7.06. The number of rotatable bonds is 6. The van der Waals surface area contributed by atoms with Crippen LogP contribution in [0.2, 0.25) is 0 Å². The Bertz CT molecular complexity index is 1470. The van der Waals surface area contributed by atoms with Crippen LogP contribution in [0.1, 0.15) is 64.2 Å². The molecule has 38 heavy (non-hydrogen) atoms. The molecule has 1 unspecified atom stereocenters. The summed E-state index contributed by atoms with van der Waals surface area (Å²) in [5.74, 6) is 0.908. The van der Waals surface area contributed by atoms with Crippen molar-refractivity contribution in [2.24, 2.45) is 0 Å². The van der Waals surface area contributed by atoms with Gasteiger partial charge in [-0.15, -0.1) is 0 Å². The molecule has 0 N–H and O–H groups in total. The quantitative estimate of drug-likeness (QED) is 0.279. The van der Waals surface area contributed by atoms with Gasteiger partial charge in [0, 0.05) is 36.2 Å². The van der Waals surface area contributed by atoms with Crippen LogP contribution in [0.25, 0.3) is 32.9 Å². The second-order valence-corrected chi connectivity index (χ2v) is 10.9. The van der Waals surface area contributed by atoms with E-state index in [9.17, 15) is 5.26 Å². The van der Waals surface area contributed by atoms with E-state index < -0.39 is 0 Å². The van der Waals surface area contributed by atoms with Crippen molar-refractivity contribution in [1.29, 1.82) is 5.26 Å². The molecular weight excluding hydrogens is 472 g/mol. The molecule has 196 valence electrons. The van der Waals surface area contributed by atoms with Crippen LogP contribution in [0.4, 0.5) is 0 Å². The zero-order valence-corrected chi connectivity index (χ0v) is 22.4. The first-order valence-corrected chi connectivity index (χ1v) is 14.1. The SMILES string of the molecule is C[C@@H]1CCC[C@@H](C)N1CCOc1ccc2cc(-c3nn(C4CCCCO4)c4ccc(C#N)cc34)ccc2c1. The molecule has 6 rings (SSSR count). The van der Waals surface area contributed by atoms with E-state index in [2.05, 4.69) is 61.2 Å². The van der Waals surface area contributed by atoms with Gasteiger partial charge in [-0.2, -0.15) is 10.4 Å². The van der Waals surface area contributed by atoms with E-state index in [4.69, 9.17) is 14.6 Å². The van der Waals surface area contributed by atoms with Crippen molar-refractivity contribution in [3.8, 4) is 23.1 Å². The molecule has 1 aromatic heterocycles. The summed E-state index contributed by atoms with van der Waals surface area (Å²) in [6, 6.07) is 22.1. The van der Waals surface area contributed by atoms with Gasteiger partial charge in [0.15, 0.2) is 6.23 Å². The van der Waals surface area contributed by atoms with Crippen LogP contribution in [0.5, 0.6) is 5.75 Å². The third kappa shape index (κ3) is 4.89. The molecule has 2 fully saturated rings. The number of ether oxygens (including phenoxy) is 2. The van der Waals surface area contributed by atoms with Gasteiger partial charge in [-0.1, -0.05) is 24.6 Å². The van der Waals surface area contributed by atoms with Crippen LogP contribution in [-0.2, 0) is 4.74 Å². The Morgan fingerprint density at radius 1 is 0.947 bits per heavy atom. The average molecular weight is 509 g/mol. The van der Waals surface area contributed by atoms with Crippen molar-refractivity contribution in [3.05, 3.63) is 60.2 Å². The summed E-state index contributed by atoms with van der Waals surface area (Å²) in [5, 5.41) is 17.8. The van der Waals surface area contributed by atoms with Crippen molar-refractivity contribution in [1.82, 2.24) is 14.7 Å². The van der Waals surface area contributed by atoms with Gasteiger partial charge in [-0.05, 0) is 93.1 Å². The van der Waals surface area contributed by atoms with Gasteiger partial charge in [0.2, 0.25) is 0 Å². The molecule has 0 bridgehead atoms. The van der Waals surface area contributed by atoms with E-state index in [1.807, 2.05) is 22.9 Å². The molecule has 0 radical (unpaired) electrons. The van der Waals surface area contributed by atoms with Crippen LogP contribution in [0.3, 0.4) is 0 Å². The van der Waals surface area contributed by atoms with E-state index >= 15 is 0 Å². The zero-order chi connectivity index (χ0) is 26.1. The molecular formula is C32H36N4O2. The molecule has 3 atom stereocenters. The first-order valence-electron chi connectivity index (χ1n) is 14.1. The second-order valence-electron chi connectivity index (χ2n) is 10.9. The molecule has 0 amide bonds. The van der Waals surface area contributed by atoms with Crippen LogP contribution in [0.15, 0.2) is 54.6 Å². The zero-order valence-electron chi connectivity index (χ0n) is 22.4. The number of fused-ring (bicyclic) bond motifs is 2. The minimum absolute atomic E-state index is 0.0657. The second kappa shape index (κ2) is 10.8. The highest BCUT2D eigenvalue weighted by molar-refractivity contribution is 5.97. The highest BCUT2D eigenvalue weighted by Gasteiger charge is 2.24. The van der Waals surface area contributed by atoms with Gasteiger partial charge in [0.1, 0.15) is 18.1 Å². The van der Waals surface area contributed by atoms with Crippen LogP contribution in [0, 0.1) is 11.3 Å². The van der Waals surface area contributed by atoms with Gasteiger partial charge in [-0.25, -0.2) is 4.68 Å². The fourth-order valence-corrected chi connectivity index (χ4v) is 6.21. The maximum Gasteiger partial charge on any atom is 0.150 e. The predicted molar refractivity (Wildman–Crippen MR) is 151 cm³/mol. The fourth-order valence-electron chi connectivity index (χ4n) is 6.21. The van der Waals surface area contributed by atoms with Crippen molar-refractivity contribution in [2.75, 3.05) is 19.8 Å². The lowest BCUT2D eigenvalue weighted by molar-refractivity contribution is -0.0365. The van der Waals surface area contributed by atoms with Crippen molar-refractivity contribution >= 4 is 21.7 Å². The Morgan fingerprint density at radius 2 is 1.76 bits per heavy atom. The number of hydrogen-bond donors (Lipinski definition) is 0.